The number of nitrogens with zero attached hydrogens (tertiary/aromatic N) is 2. The average molecular weight is 519 g/mol. The predicted octanol–water partition coefficient (Wildman–Crippen LogP) is 8.94. The second-order valence-electron chi connectivity index (χ2n) is 9.41. The third-order valence-electron chi connectivity index (χ3n) is 6.41. The molecule has 0 radical (unpaired) electrons. The summed E-state index contributed by atoms with van der Waals surface area (Å²) in [5.41, 5.74) is 6.80. The first-order chi connectivity index (χ1) is 19.2. The van der Waals surface area contributed by atoms with Gasteiger partial charge in [-0.15, -0.1) is 0 Å². The number of unbranched alkanes of at least 4 members (excludes halogenated alkanes) is 2. The van der Waals surface area contributed by atoms with Crippen LogP contribution >= 0.6 is 0 Å². The van der Waals surface area contributed by atoms with Gasteiger partial charge in [0.1, 0.15) is 11.5 Å². The molecule has 0 amide bonds. The summed E-state index contributed by atoms with van der Waals surface area (Å²) in [6, 6.07) is 33.2. The summed E-state index contributed by atoms with van der Waals surface area (Å²) in [6.45, 7) is 5.33. The molecule has 0 aliphatic rings. The minimum absolute atomic E-state index is 0.677. The van der Waals surface area contributed by atoms with Crippen molar-refractivity contribution in [1.29, 1.82) is 0 Å². The van der Waals surface area contributed by atoms with E-state index in [1.165, 1.54) is 30.4 Å². The maximum absolute atomic E-state index is 5.49. The van der Waals surface area contributed by atoms with Crippen molar-refractivity contribution in [2.45, 2.75) is 46.0 Å². The molecule has 0 unspecified atom stereocenters. The van der Waals surface area contributed by atoms with Gasteiger partial charge in [-0.3, -0.25) is 9.98 Å². The van der Waals surface area contributed by atoms with Gasteiger partial charge in [0.2, 0.25) is 0 Å². The van der Waals surface area contributed by atoms with Crippen LogP contribution in [0.15, 0.2) is 107 Å². The van der Waals surface area contributed by atoms with Gasteiger partial charge in [-0.1, -0.05) is 30.7 Å². The van der Waals surface area contributed by atoms with E-state index in [9.17, 15) is 0 Å². The van der Waals surface area contributed by atoms with E-state index in [-0.39, 0.29) is 0 Å². The normalized spacial score (nSPS) is 11.3. The van der Waals surface area contributed by atoms with Crippen LogP contribution in [0.25, 0.3) is 0 Å². The van der Waals surface area contributed by atoms with Crippen molar-refractivity contribution in [2.75, 3.05) is 13.2 Å². The number of aliphatic imine (C=N–C) groups is 2. The number of aryl methyl sites for hydroxylation is 2. The Morgan fingerprint density at radius 3 is 1.23 bits per heavy atom. The molecule has 0 atom stereocenters. The van der Waals surface area contributed by atoms with Crippen LogP contribution in [0.5, 0.6) is 11.5 Å². The Balaban J connectivity index is 1.14. The first-order valence-corrected chi connectivity index (χ1v) is 13.9. The fraction of sp³-hybridized carbons (Fsp3) is 0.257. The second kappa shape index (κ2) is 15.3. The van der Waals surface area contributed by atoms with Gasteiger partial charge in [-0.2, -0.15) is 0 Å². The minimum Gasteiger partial charge on any atom is -0.494 e. The van der Waals surface area contributed by atoms with Crippen molar-refractivity contribution in [3.8, 4) is 11.5 Å². The molecule has 39 heavy (non-hydrogen) atoms. The third-order valence-corrected chi connectivity index (χ3v) is 6.41. The van der Waals surface area contributed by atoms with Crippen LogP contribution in [0.1, 0.15) is 55.4 Å². The lowest BCUT2D eigenvalue weighted by Crippen LogP contribution is -1.91. The Bertz CT molecular complexity index is 1200. The fourth-order valence-electron chi connectivity index (χ4n) is 4.26. The van der Waals surface area contributed by atoms with Crippen molar-refractivity contribution < 1.29 is 9.47 Å². The monoisotopic (exact) mass is 518 g/mol. The Morgan fingerprint density at radius 2 is 0.872 bits per heavy atom. The van der Waals surface area contributed by atoms with Crippen molar-refractivity contribution in [2.24, 2.45) is 9.98 Å². The third kappa shape index (κ3) is 9.57. The van der Waals surface area contributed by atoms with E-state index in [2.05, 4.69) is 58.5 Å². The zero-order valence-corrected chi connectivity index (χ0v) is 23.1. The molecule has 0 spiro atoms. The Hall–Kier alpha value is -4.18. The Kier molecular flexibility index (Phi) is 10.9. The average Bonchev–Trinajstić information content (AvgIpc) is 2.98. The summed E-state index contributed by atoms with van der Waals surface area (Å²) in [6.07, 6.45) is 9.59. The standard InChI is InChI=1S/C35H38N2O2/c1-3-38-34-22-14-30(15-23-34)26-36-32-18-10-28(11-19-32)8-6-5-7-9-29-12-20-33(21-13-29)37-27-31-16-24-35(25-17-31)39-4-2/h10-27H,3-9H2,1-2H3. The molecule has 4 aromatic carbocycles. The van der Waals surface area contributed by atoms with Crippen molar-refractivity contribution in [3.63, 3.8) is 0 Å². The summed E-state index contributed by atoms with van der Waals surface area (Å²) >= 11 is 0. The number of hydrogen-bond acceptors (Lipinski definition) is 4. The van der Waals surface area contributed by atoms with Crippen LogP contribution in [0.4, 0.5) is 11.4 Å². The maximum atomic E-state index is 5.49. The van der Waals surface area contributed by atoms with Crippen LogP contribution in [0.2, 0.25) is 0 Å². The van der Waals surface area contributed by atoms with Crippen LogP contribution < -0.4 is 9.47 Å². The van der Waals surface area contributed by atoms with Crippen LogP contribution in [0.3, 0.4) is 0 Å². The zero-order chi connectivity index (χ0) is 27.1. The molecule has 0 N–H and O–H groups in total. The first kappa shape index (κ1) is 27.8. The minimum atomic E-state index is 0.677. The molecule has 0 heterocycles. The summed E-state index contributed by atoms with van der Waals surface area (Å²) in [4.78, 5) is 9.20. The topological polar surface area (TPSA) is 43.2 Å². The van der Waals surface area contributed by atoms with Gasteiger partial charge in [0.05, 0.1) is 24.6 Å². The first-order valence-electron chi connectivity index (χ1n) is 13.9. The van der Waals surface area contributed by atoms with Crippen LogP contribution in [-0.4, -0.2) is 25.6 Å². The van der Waals surface area contributed by atoms with Gasteiger partial charge in [-0.25, -0.2) is 0 Å². The molecular formula is C35H38N2O2. The van der Waals surface area contributed by atoms with E-state index < -0.39 is 0 Å². The summed E-state index contributed by atoms with van der Waals surface area (Å²) in [7, 11) is 0. The van der Waals surface area contributed by atoms with Crippen LogP contribution in [0, 0.1) is 0 Å². The molecule has 0 aliphatic heterocycles. The SMILES string of the molecule is CCOc1ccc(C=Nc2ccc(CCCCCc3ccc(N=Cc4ccc(OCC)cc4)cc3)cc2)cc1. The summed E-state index contributed by atoms with van der Waals surface area (Å²) in [5.74, 6) is 1.78. The molecule has 4 heteroatoms. The molecule has 0 aliphatic carbocycles. The lowest BCUT2D eigenvalue weighted by molar-refractivity contribution is 0.340. The molecule has 0 bridgehead atoms. The molecule has 0 saturated carbocycles. The Morgan fingerprint density at radius 1 is 0.487 bits per heavy atom. The number of benzene rings is 4. The highest BCUT2D eigenvalue weighted by molar-refractivity contribution is 5.82. The Labute approximate surface area is 233 Å². The lowest BCUT2D eigenvalue weighted by atomic mass is 10.0. The van der Waals surface area contributed by atoms with Gasteiger partial charge in [0.15, 0.2) is 0 Å². The highest BCUT2D eigenvalue weighted by Gasteiger charge is 1.99. The van der Waals surface area contributed by atoms with Gasteiger partial charge < -0.3 is 9.47 Å². The molecule has 4 nitrogen and oxygen atoms in total. The molecule has 0 fully saturated rings. The van der Waals surface area contributed by atoms with Gasteiger partial charge in [0.25, 0.3) is 0 Å². The maximum Gasteiger partial charge on any atom is 0.119 e. The largest absolute Gasteiger partial charge is 0.494 e. The number of ether oxygens (including phenoxy) is 2. The quantitative estimate of drug-likeness (QED) is 0.123. The molecule has 4 aromatic rings. The predicted molar refractivity (Wildman–Crippen MR) is 164 cm³/mol. The van der Waals surface area contributed by atoms with Gasteiger partial charge >= 0.3 is 0 Å². The molecule has 200 valence electrons. The number of rotatable bonds is 14. The molecule has 4 rings (SSSR count). The van der Waals surface area contributed by atoms with Crippen LogP contribution in [-0.2, 0) is 12.8 Å². The highest BCUT2D eigenvalue weighted by atomic mass is 16.5. The van der Waals surface area contributed by atoms with Gasteiger partial charge in [0, 0.05) is 12.4 Å². The van der Waals surface area contributed by atoms with E-state index >= 15 is 0 Å². The molecule has 0 aromatic heterocycles. The van der Waals surface area contributed by atoms with Crippen molar-refractivity contribution >= 4 is 23.8 Å². The van der Waals surface area contributed by atoms with Crippen molar-refractivity contribution in [3.05, 3.63) is 119 Å². The van der Waals surface area contributed by atoms with E-state index in [4.69, 9.17) is 9.47 Å². The number of hydrogen-bond donors (Lipinski definition) is 0. The smallest absolute Gasteiger partial charge is 0.119 e. The van der Waals surface area contributed by atoms with E-state index in [1.54, 1.807) is 0 Å². The van der Waals surface area contributed by atoms with Crippen molar-refractivity contribution in [1.82, 2.24) is 0 Å². The summed E-state index contributed by atoms with van der Waals surface area (Å²) < 4.78 is 11.0. The zero-order valence-electron chi connectivity index (χ0n) is 23.1. The lowest BCUT2D eigenvalue weighted by Gasteiger charge is -2.04. The molecule has 0 saturated heterocycles. The highest BCUT2D eigenvalue weighted by Crippen LogP contribution is 2.19. The fourth-order valence-corrected chi connectivity index (χ4v) is 4.26. The van der Waals surface area contributed by atoms with Gasteiger partial charge in [-0.05, 0) is 135 Å². The second-order valence-corrected chi connectivity index (χ2v) is 9.41. The summed E-state index contributed by atoms with van der Waals surface area (Å²) in [5, 5.41) is 0. The van der Waals surface area contributed by atoms with E-state index in [0.29, 0.717) is 13.2 Å². The van der Waals surface area contributed by atoms with E-state index in [1.807, 2.05) is 74.8 Å². The molecular weight excluding hydrogens is 480 g/mol. The van der Waals surface area contributed by atoms with E-state index in [0.717, 1.165) is 46.8 Å².